The van der Waals surface area contributed by atoms with E-state index in [0.29, 0.717) is 16.5 Å². The summed E-state index contributed by atoms with van der Waals surface area (Å²) in [5.74, 6) is -0.834. The van der Waals surface area contributed by atoms with Crippen molar-refractivity contribution < 1.29 is 18.0 Å². The minimum Gasteiger partial charge on any atom is -0.326 e. The van der Waals surface area contributed by atoms with Crippen molar-refractivity contribution in [3.05, 3.63) is 59.6 Å². The number of nitrogens with two attached hydrogens (primary N) is 1. The number of sulfonamides is 1. The Labute approximate surface area is 163 Å². The molecule has 2 amide bonds. The lowest BCUT2D eigenvalue weighted by Crippen LogP contribution is -2.16. The van der Waals surface area contributed by atoms with E-state index in [9.17, 15) is 18.0 Å². The summed E-state index contributed by atoms with van der Waals surface area (Å²) in [6, 6.07) is 7.06. The third-order valence-corrected chi connectivity index (χ3v) is 5.09. The van der Waals surface area contributed by atoms with Crippen LogP contribution in [0.5, 0.6) is 0 Å². The molecule has 144 valence electrons. The maximum atomic E-state index is 12.1. The second-order valence-corrected chi connectivity index (χ2v) is 7.88. The van der Waals surface area contributed by atoms with Crippen molar-refractivity contribution in [2.24, 2.45) is 5.14 Å². The molecular weight excluding hydrogens is 404 g/mol. The van der Waals surface area contributed by atoms with Crippen LogP contribution in [0.15, 0.2) is 53.0 Å². The normalized spacial score (nSPS) is 11.0. The molecule has 0 atom stereocenters. The molecule has 0 radical (unpaired) electrons. The summed E-state index contributed by atoms with van der Waals surface area (Å²) in [5, 5.41) is 12.2. The maximum Gasteiger partial charge on any atom is 0.295 e. The molecule has 0 aliphatic rings. The number of nitrogens with one attached hydrogen (secondary N) is 2. The average Bonchev–Trinajstić information content (AvgIpc) is 3.08. The molecule has 0 spiro atoms. The Kier molecular flexibility index (Phi) is 5.73. The van der Waals surface area contributed by atoms with Crippen LogP contribution in [0.3, 0.4) is 0 Å². The minimum atomic E-state index is -3.79. The molecule has 0 aliphatic carbocycles. The molecule has 4 N–H and O–H groups in total. The number of benzene rings is 1. The summed E-state index contributed by atoms with van der Waals surface area (Å²) < 4.78 is 22.4. The number of carbonyl (C=O) groups excluding carboxylic acids is 2. The topological polar surface area (TPSA) is 157 Å². The predicted molar refractivity (Wildman–Crippen MR) is 102 cm³/mol. The zero-order valence-corrected chi connectivity index (χ0v) is 15.8. The smallest absolute Gasteiger partial charge is 0.295 e. The lowest BCUT2D eigenvalue weighted by Gasteiger charge is -2.05. The molecule has 0 saturated heterocycles. The molecule has 0 saturated carbocycles. The molecule has 12 heteroatoms. The highest BCUT2D eigenvalue weighted by Crippen LogP contribution is 2.17. The predicted octanol–water partition coefficient (Wildman–Crippen LogP) is 1.01. The Morgan fingerprint density at radius 2 is 1.75 bits per heavy atom. The third-order valence-electron chi connectivity index (χ3n) is 3.35. The molecule has 1 aromatic carbocycles. The van der Waals surface area contributed by atoms with Gasteiger partial charge >= 0.3 is 0 Å². The zero-order chi connectivity index (χ0) is 20.1. The number of anilines is 2. The number of carbonyl (C=O) groups is 2. The first-order valence-corrected chi connectivity index (χ1v) is 10.2. The first kappa shape index (κ1) is 19.5. The maximum absolute atomic E-state index is 12.1. The second kappa shape index (κ2) is 8.21. The van der Waals surface area contributed by atoms with Gasteiger partial charge in [0.2, 0.25) is 21.8 Å². The van der Waals surface area contributed by atoms with Gasteiger partial charge in [-0.2, -0.15) is 0 Å². The van der Waals surface area contributed by atoms with Crippen LogP contribution in [0.4, 0.5) is 10.8 Å². The van der Waals surface area contributed by atoms with Gasteiger partial charge in [0, 0.05) is 23.5 Å². The summed E-state index contributed by atoms with van der Waals surface area (Å²) in [4.78, 5) is 35.9. The highest BCUT2D eigenvalue weighted by atomic mass is 32.2. The lowest BCUT2D eigenvalue weighted by molar-refractivity contribution is -0.115. The van der Waals surface area contributed by atoms with Crippen molar-refractivity contribution in [1.82, 2.24) is 15.0 Å². The average molecular weight is 418 g/mol. The molecule has 0 aliphatic heterocycles. The van der Waals surface area contributed by atoms with Crippen molar-refractivity contribution in [3.8, 4) is 0 Å². The van der Waals surface area contributed by atoms with E-state index in [-0.39, 0.29) is 23.0 Å². The molecule has 2 heterocycles. The second-order valence-electron chi connectivity index (χ2n) is 5.46. The summed E-state index contributed by atoms with van der Waals surface area (Å²) in [6.45, 7) is 0. The summed E-state index contributed by atoms with van der Waals surface area (Å²) in [5.41, 5.74) is 0.885. The molecule has 3 rings (SSSR count). The third kappa shape index (κ3) is 5.16. The van der Waals surface area contributed by atoms with Gasteiger partial charge in [-0.3, -0.25) is 14.9 Å². The number of aromatic nitrogens is 3. The van der Waals surface area contributed by atoms with E-state index < -0.39 is 15.9 Å². The molecule has 2 aromatic heterocycles. The van der Waals surface area contributed by atoms with Gasteiger partial charge in [0.15, 0.2) is 5.13 Å². The Morgan fingerprint density at radius 1 is 1.07 bits per heavy atom. The first-order chi connectivity index (χ1) is 13.3. The molecule has 28 heavy (non-hydrogen) atoms. The summed E-state index contributed by atoms with van der Waals surface area (Å²) >= 11 is 1.17. The Balaban J connectivity index is 1.57. The fraction of sp³-hybridized carbons (Fsp3) is 0.0625. The fourth-order valence-corrected chi connectivity index (χ4v) is 3.33. The number of nitrogens with zero attached hydrogens (tertiary/aromatic N) is 3. The van der Waals surface area contributed by atoms with Gasteiger partial charge in [-0.1, -0.05) is 0 Å². The number of hydrogen-bond acceptors (Lipinski definition) is 8. The van der Waals surface area contributed by atoms with Gasteiger partial charge in [0.05, 0.1) is 17.0 Å². The van der Waals surface area contributed by atoms with Gasteiger partial charge in [-0.25, -0.2) is 28.5 Å². The van der Waals surface area contributed by atoms with Crippen LogP contribution < -0.4 is 15.8 Å². The van der Waals surface area contributed by atoms with Crippen molar-refractivity contribution in [2.45, 2.75) is 11.3 Å². The molecule has 3 aromatic rings. The Hall–Kier alpha value is -3.22. The molecule has 0 fully saturated rings. The molecule has 10 nitrogen and oxygen atoms in total. The molecular formula is C16H14N6O4S2. The zero-order valence-electron chi connectivity index (χ0n) is 14.2. The number of amides is 2. The monoisotopic (exact) mass is 418 g/mol. The number of rotatable bonds is 6. The highest BCUT2D eigenvalue weighted by Gasteiger charge is 2.13. The Bertz CT molecular complexity index is 1100. The Morgan fingerprint density at radius 3 is 2.39 bits per heavy atom. The number of primary sulfonamides is 1. The highest BCUT2D eigenvalue weighted by molar-refractivity contribution is 7.89. The summed E-state index contributed by atoms with van der Waals surface area (Å²) in [7, 11) is -3.79. The van der Waals surface area contributed by atoms with E-state index in [4.69, 9.17) is 5.14 Å². The minimum absolute atomic E-state index is 0.0138. The number of thiazole rings is 1. The van der Waals surface area contributed by atoms with Crippen LogP contribution in [-0.2, 0) is 21.2 Å². The summed E-state index contributed by atoms with van der Waals surface area (Å²) in [6.07, 6.45) is 2.88. The van der Waals surface area contributed by atoms with Crippen LogP contribution in [0.25, 0.3) is 0 Å². The van der Waals surface area contributed by atoms with E-state index in [0.717, 1.165) is 0 Å². The SMILES string of the molecule is NS(=O)(=O)c1ccc(NC(=O)Cc2csc(NC(=O)c3ncccn3)n2)cc1. The van der Waals surface area contributed by atoms with E-state index in [1.165, 1.54) is 48.0 Å². The van der Waals surface area contributed by atoms with Crippen molar-refractivity contribution >= 4 is 44.0 Å². The van der Waals surface area contributed by atoms with Gasteiger partial charge in [-0.05, 0) is 30.3 Å². The van der Waals surface area contributed by atoms with E-state index in [1.54, 1.807) is 11.4 Å². The van der Waals surface area contributed by atoms with E-state index in [2.05, 4.69) is 25.6 Å². The van der Waals surface area contributed by atoms with Crippen LogP contribution in [0.2, 0.25) is 0 Å². The van der Waals surface area contributed by atoms with Gasteiger partial charge < -0.3 is 5.32 Å². The van der Waals surface area contributed by atoms with Crippen molar-refractivity contribution in [2.75, 3.05) is 10.6 Å². The van der Waals surface area contributed by atoms with E-state index >= 15 is 0 Å². The van der Waals surface area contributed by atoms with Crippen LogP contribution in [-0.4, -0.2) is 35.2 Å². The largest absolute Gasteiger partial charge is 0.326 e. The van der Waals surface area contributed by atoms with E-state index in [1.807, 2.05) is 0 Å². The fourth-order valence-electron chi connectivity index (χ4n) is 2.11. The van der Waals surface area contributed by atoms with Crippen LogP contribution in [0.1, 0.15) is 16.3 Å². The quantitative estimate of drug-likeness (QED) is 0.539. The standard InChI is InChI=1S/C16H14N6O4S2/c17-28(25,26)12-4-2-10(3-5-12)20-13(23)8-11-9-27-16(21-11)22-15(24)14-18-6-1-7-19-14/h1-7,9H,8H2,(H,20,23)(H2,17,25,26)(H,21,22,24). The van der Waals surface area contributed by atoms with Crippen molar-refractivity contribution in [1.29, 1.82) is 0 Å². The van der Waals surface area contributed by atoms with Gasteiger partial charge in [0.1, 0.15) is 0 Å². The van der Waals surface area contributed by atoms with Crippen LogP contribution >= 0.6 is 11.3 Å². The van der Waals surface area contributed by atoms with Crippen molar-refractivity contribution in [3.63, 3.8) is 0 Å². The number of hydrogen-bond donors (Lipinski definition) is 3. The molecule has 0 bridgehead atoms. The first-order valence-electron chi connectivity index (χ1n) is 7.77. The molecule has 0 unspecified atom stereocenters. The van der Waals surface area contributed by atoms with Crippen LogP contribution in [0, 0.1) is 0 Å². The van der Waals surface area contributed by atoms with Gasteiger partial charge in [-0.15, -0.1) is 11.3 Å². The lowest BCUT2D eigenvalue weighted by atomic mass is 10.3. The van der Waals surface area contributed by atoms with Gasteiger partial charge in [0.25, 0.3) is 5.91 Å².